The van der Waals surface area contributed by atoms with Crippen LogP contribution >= 0.6 is 12.4 Å². The van der Waals surface area contributed by atoms with E-state index >= 15 is 0 Å². The zero-order chi connectivity index (χ0) is 14.4. The van der Waals surface area contributed by atoms with Crippen molar-refractivity contribution in [3.8, 4) is 5.75 Å². The maximum absolute atomic E-state index is 14.3. The molecule has 1 saturated heterocycles. The van der Waals surface area contributed by atoms with Crippen LogP contribution in [0.15, 0.2) is 18.2 Å². The van der Waals surface area contributed by atoms with E-state index < -0.39 is 0 Å². The lowest BCUT2D eigenvalue weighted by Crippen LogP contribution is -2.45. The Balaban J connectivity index is 0.00000220. The van der Waals surface area contributed by atoms with Crippen molar-refractivity contribution in [2.45, 2.75) is 18.9 Å². The number of methoxy groups -OCH3 is 1. The quantitative estimate of drug-likeness (QED) is 0.842. The third-order valence-corrected chi connectivity index (χ3v) is 3.79. The number of rotatable bonds is 6. The number of benzene rings is 1. The zero-order valence-corrected chi connectivity index (χ0v) is 13.2. The van der Waals surface area contributed by atoms with Gasteiger partial charge in [0.2, 0.25) is 0 Å². The molecule has 0 radical (unpaired) electrons. The fourth-order valence-electron chi connectivity index (χ4n) is 2.72. The minimum absolute atomic E-state index is 0. The Morgan fingerprint density at radius 2 is 2.10 bits per heavy atom. The number of hydrogen-bond acceptors (Lipinski definition) is 4. The summed E-state index contributed by atoms with van der Waals surface area (Å²) in [5.41, 5.74) is 0.696. The minimum Gasteiger partial charge on any atom is -0.497 e. The van der Waals surface area contributed by atoms with Crippen LogP contribution in [0.2, 0.25) is 0 Å². The summed E-state index contributed by atoms with van der Waals surface area (Å²) in [6, 6.07) is 5.06. The van der Waals surface area contributed by atoms with Gasteiger partial charge < -0.3 is 15.2 Å². The van der Waals surface area contributed by atoms with Gasteiger partial charge in [-0.25, -0.2) is 4.39 Å². The molecule has 1 aromatic rings. The topological polar surface area (TPSA) is 44.7 Å². The predicted octanol–water partition coefficient (Wildman–Crippen LogP) is 1.97. The lowest BCUT2D eigenvalue weighted by atomic mass is 9.99. The van der Waals surface area contributed by atoms with Crippen molar-refractivity contribution >= 4 is 12.4 Å². The number of halogens is 2. The molecule has 21 heavy (non-hydrogen) atoms. The van der Waals surface area contributed by atoms with Crippen molar-refractivity contribution in [3.63, 3.8) is 0 Å². The van der Waals surface area contributed by atoms with Crippen molar-refractivity contribution in [3.05, 3.63) is 29.6 Å². The van der Waals surface area contributed by atoms with Gasteiger partial charge in [-0.05, 0) is 18.9 Å². The summed E-state index contributed by atoms with van der Waals surface area (Å²) in [5.74, 6) is 0.304. The maximum Gasteiger partial charge on any atom is 0.131 e. The number of hydrogen-bond donors (Lipinski definition) is 2. The predicted molar refractivity (Wildman–Crippen MR) is 83.7 cm³/mol. The molecule has 0 aromatic heterocycles. The van der Waals surface area contributed by atoms with Crippen LogP contribution in [0, 0.1) is 5.82 Å². The van der Waals surface area contributed by atoms with E-state index in [-0.39, 0.29) is 30.9 Å². The molecule has 2 N–H and O–H groups in total. The van der Waals surface area contributed by atoms with Gasteiger partial charge in [-0.3, -0.25) is 4.90 Å². The number of ether oxygens (including phenoxy) is 1. The van der Waals surface area contributed by atoms with E-state index in [1.165, 1.54) is 13.2 Å². The summed E-state index contributed by atoms with van der Waals surface area (Å²) in [4.78, 5) is 2.29. The molecule has 1 aliphatic rings. The van der Waals surface area contributed by atoms with Gasteiger partial charge in [0.05, 0.1) is 7.11 Å². The van der Waals surface area contributed by atoms with E-state index in [2.05, 4.69) is 10.2 Å². The first-order valence-electron chi connectivity index (χ1n) is 7.15. The van der Waals surface area contributed by atoms with E-state index in [0.717, 1.165) is 32.6 Å². The molecular formula is C15H24ClFN2O2. The average Bonchev–Trinajstić information content (AvgIpc) is 2.50. The van der Waals surface area contributed by atoms with Gasteiger partial charge in [-0.2, -0.15) is 0 Å². The average molecular weight is 319 g/mol. The van der Waals surface area contributed by atoms with Crippen molar-refractivity contribution in [2.75, 3.05) is 39.9 Å². The lowest BCUT2D eigenvalue weighted by Gasteiger charge is -2.35. The number of aliphatic hydroxyl groups excluding tert-OH is 1. The van der Waals surface area contributed by atoms with E-state index in [9.17, 15) is 4.39 Å². The SMILES string of the molecule is COc1ccc([C@@H](CCCO)N2CCNCC2)c(F)c1.Cl. The standard InChI is InChI=1S/C15H23FN2O2.ClH/c1-20-12-4-5-13(14(16)11-12)15(3-2-10-19)18-8-6-17-7-9-18;/h4-5,11,15,17,19H,2-3,6-10H2,1H3;1H/t15-;/m1./s1. The van der Waals surface area contributed by atoms with E-state index in [1.54, 1.807) is 12.1 Å². The second kappa shape index (κ2) is 9.20. The van der Waals surface area contributed by atoms with Gasteiger partial charge in [0.1, 0.15) is 11.6 Å². The second-order valence-corrected chi connectivity index (χ2v) is 5.06. The normalized spacial score (nSPS) is 17.1. The first-order valence-corrected chi connectivity index (χ1v) is 7.15. The summed E-state index contributed by atoms with van der Waals surface area (Å²) < 4.78 is 19.3. The van der Waals surface area contributed by atoms with Crippen molar-refractivity contribution in [2.24, 2.45) is 0 Å². The highest BCUT2D eigenvalue weighted by molar-refractivity contribution is 5.85. The molecule has 4 nitrogen and oxygen atoms in total. The van der Waals surface area contributed by atoms with Crippen LogP contribution in [-0.2, 0) is 0 Å². The number of aliphatic hydroxyl groups is 1. The van der Waals surface area contributed by atoms with Crippen LogP contribution < -0.4 is 10.1 Å². The zero-order valence-electron chi connectivity index (χ0n) is 12.3. The highest BCUT2D eigenvalue weighted by Crippen LogP contribution is 2.30. The molecule has 6 heteroatoms. The van der Waals surface area contributed by atoms with Gasteiger partial charge in [-0.1, -0.05) is 6.07 Å². The Kier molecular flexibility index (Phi) is 7.96. The van der Waals surface area contributed by atoms with Gasteiger partial charge in [0.25, 0.3) is 0 Å². The molecule has 0 aliphatic carbocycles. The lowest BCUT2D eigenvalue weighted by molar-refractivity contribution is 0.151. The number of nitrogens with zero attached hydrogens (tertiary/aromatic N) is 1. The van der Waals surface area contributed by atoms with Crippen LogP contribution in [0.3, 0.4) is 0 Å². The van der Waals surface area contributed by atoms with Gasteiger partial charge in [0.15, 0.2) is 0 Å². The summed E-state index contributed by atoms with van der Waals surface area (Å²) in [6.45, 7) is 3.80. The Hall–Kier alpha value is -0.880. The van der Waals surface area contributed by atoms with Crippen LogP contribution in [-0.4, -0.2) is 49.9 Å². The Morgan fingerprint density at radius 1 is 1.38 bits per heavy atom. The fraction of sp³-hybridized carbons (Fsp3) is 0.600. The van der Waals surface area contributed by atoms with Crippen LogP contribution in [0.25, 0.3) is 0 Å². The van der Waals surface area contributed by atoms with Crippen LogP contribution in [0.1, 0.15) is 24.4 Å². The third-order valence-electron chi connectivity index (χ3n) is 3.79. The van der Waals surface area contributed by atoms with E-state index in [1.807, 2.05) is 0 Å². The molecule has 1 atom stereocenters. The Bertz CT molecular complexity index is 428. The smallest absolute Gasteiger partial charge is 0.131 e. The molecule has 1 fully saturated rings. The highest BCUT2D eigenvalue weighted by Gasteiger charge is 2.24. The molecule has 0 saturated carbocycles. The third kappa shape index (κ3) is 4.81. The molecule has 120 valence electrons. The molecule has 0 bridgehead atoms. The van der Waals surface area contributed by atoms with Crippen LogP contribution in [0.4, 0.5) is 4.39 Å². The van der Waals surface area contributed by atoms with E-state index in [0.29, 0.717) is 17.7 Å². The molecule has 0 unspecified atom stereocenters. The maximum atomic E-state index is 14.3. The molecule has 1 heterocycles. The molecule has 2 rings (SSSR count). The highest BCUT2D eigenvalue weighted by atomic mass is 35.5. The van der Waals surface area contributed by atoms with Crippen molar-refractivity contribution < 1.29 is 14.2 Å². The van der Waals surface area contributed by atoms with Crippen LogP contribution in [0.5, 0.6) is 5.75 Å². The van der Waals surface area contributed by atoms with Crippen molar-refractivity contribution in [1.82, 2.24) is 10.2 Å². The number of piperazine rings is 1. The summed E-state index contributed by atoms with van der Waals surface area (Å²) in [7, 11) is 1.54. The minimum atomic E-state index is -0.231. The van der Waals surface area contributed by atoms with E-state index in [4.69, 9.17) is 9.84 Å². The van der Waals surface area contributed by atoms with Gasteiger partial charge in [0, 0.05) is 50.5 Å². The molecular weight excluding hydrogens is 295 g/mol. The molecule has 0 spiro atoms. The Morgan fingerprint density at radius 3 is 2.67 bits per heavy atom. The summed E-state index contributed by atoms with van der Waals surface area (Å²) in [6.07, 6.45) is 1.44. The fourth-order valence-corrected chi connectivity index (χ4v) is 2.72. The summed E-state index contributed by atoms with van der Waals surface area (Å²) in [5, 5.41) is 12.4. The Labute approximate surface area is 131 Å². The first kappa shape index (κ1) is 18.2. The largest absolute Gasteiger partial charge is 0.497 e. The molecule has 1 aliphatic heterocycles. The van der Waals surface area contributed by atoms with Gasteiger partial charge >= 0.3 is 0 Å². The molecule has 0 amide bonds. The summed E-state index contributed by atoms with van der Waals surface area (Å²) >= 11 is 0. The second-order valence-electron chi connectivity index (χ2n) is 5.06. The number of nitrogens with one attached hydrogen (secondary N) is 1. The van der Waals surface area contributed by atoms with Crippen molar-refractivity contribution in [1.29, 1.82) is 0 Å². The molecule has 1 aromatic carbocycles. The van der Waals surface area contributed by atoms with Gasteiger partial charge in [-0.15, -0.1) is 12.4 Å². The first-order chi connectivity index (χ1) is 9.76. The monoisotopic (exact) mass is 318 g/mol.